The van der Waals surface area contributed by atoms with Gasteiger partial charge in [0.2, 0.25) is 0 Å². The normalized spacial score (nSPS) is 9.61. The Bertz CT molecular complexity index is 605. The molecule has 0 atom stereocenters. The van der Waals surface area contributed by atoms with Crippen molar-refractivity contribution in [1.82, 2.24) is 0 Å². The molecule has 18 heavy (non-hydrogen) atoms. The predicted octanol–water partition coefficient (Wildman–Crippen LogP) is 4.07. The number of anilines is 2. The van der Waals surface area contributed by atoms with Crippen molar-refractivity contribution in [3.63, 3.8) is 0 Å². The van der Waals surface area contributed by atoms with Crippen LogP contribution >= 0.6 is 15.9 Å². The molecule has 4 heteroatoms. The standard InChI is InChI=1S/C14H11BrN2O/c1-18-14-8-12(5-6-13(14)15)17-11-4-2-3-10(7-11)9-16/h2-8,17H,1H3. The van der Waals surface area contributed by atoms with Crippen LogP contribution in [0.5, 0.6) is 5.75 Å². The van der Waals surface area contributed by atoms with Crippen LogP contribution in [0.15, 0.2) is 46.9 Å². The quantitative estimate of drug-likeness (QED) is 0.929. The van der Waals surface area contributed by atoms with Crippen molar-refractivity contribution in [2.75, 3.05) is 12.4 Å². The van der Waals surface area contributed by atoms with Crippen LogP contribution in [0.3, 0.4) is 0 Å². The van der Waals surface area contributed by atoms with E-state index in [4.69, 9.17) is 10.00 Å². The number of ether oxygens (including phenoxy) is 1. The minimum absolute atomic E-state index is 0.629. The monoisotopic (exact) mass is 302 g/mol. The minimum atomic E-state index is 0.629. The third-order valence-corrected chi connectivity index (χ3v) is 3.09. The van der Waals surface area contributed by atoms with E-state index in [1.807, 2.05) is 30.3 Å². The number of halogens is 1. The molecule has 0 unspecified atom stereocenters. The molecule has 0 aliphatic rings. The van der Waals surface area contributed by atoms with E-state index in [1.54, 1.807) is 19.2 Å². The fraction of sp³-hybridized carbons (Fsp3) is 0.0714. The predicted molar refractivity (Wildman–Crippen MR) is 75.1 cm³/mol. The second kappa shape index (κ2) is 5.56. The third-order valence-electron chi connectivity index (χ3n) is 2.43. The van der Waals surface area contributed by atoms with E-state index in [0.29, 0.717) is 5.56 Å². The van der Waals surface area contributed by atoms with Gasteiger partial charge in [-0.25, -0.2) is 0 Å². The van der Waals surface area contributed by atoms with Crippen LogP contribution < -0.4 is 10.1 Å². The number of methoxy groups -OCH3 is 1. The summed E-state index contributed by atoms with van der Waals surface area (Å²) in [6.45, 7) is 0. The van der Waals surface area contributed by atoms with E-state index < -0.39 is 0 Å². The lowest BCUT2D eigenvalue weighted by Gasteiger charge is -2.09. The Balaban J connectivity index is 2.26. The largest absolute Gasteiger partial charge is 0.495 e. The van der Waals surface area contributed by atoms with Gasteiger partial charge in [0.05, 0.1) is 23.2 Å². The first-order valence-electron chi connectivity index (χ1n) is 5.33. The van der Waals surface area contributed by atoms with Gasteiger partial charge in [-0.15, -0.1) is 0 Å². The maximum absolute atomic E-state index is 8.84. The zero-order valence-electron chi connectivity index (χ0n) is 9.77. The average Bonchev–Trinajstić information content (AvgIpc) is 2.41. The van der Waals surface area contributed by atoms with Crippen molar-refractivity contribution < 1.29 is 4.74 Å². The van der Waals surface area contributed by atoms with Gasteiger partial charge in [-0.1, -0.05) is 6.07 Å². The number of nitrogens with zero attached hydrogens (tertiary/aromatic N) is 1. The van der Waals surface area contributed by atoms with Gasteiger partial charge in [-0.05, 0) is 46.3 Å². The second-order valence-electron chi connectivity index (χ2n) is 3.67. The molecular formula is C14H11BrN2O. The molecule has 3 nitrogen and oxygen atoms in total. The SMILES string of the molecule is COc1cc(Nc2cccc(C#N)c2)ccc1Br. The molecule has 0 bridgehead atoms. The number of hydrogen-bond acceptors (Lipinski definition) is 3. The van der Waals surface area contributed by atoms with Gasteiger partial charge in [0.15, 0.2) is 0 Å². The molecule has 0 fully saturated rings. The fourth-order valence-corrected chi connectivity index (χ4v) is 1.98. The van der Waals surface area contributed by atoms with Crippen molar-refractivity contribution in [3.05, 3.63) is 52.5 Å². The summed E-state index contributed by atoms with van der Waals surface area (Å²) < 4.78 is 6.13. The van der Waals surface area contributed by atoms with E-state index in [2.05, 4.69) is 27.3 Å². The van der Waals surface area contributed by atoms with Crippen molar-refractivity contribution in [2.45, 2.75) is 0 Å². The number of benzene rings is 2. The Labute approximate surface area is 114 Å². The lowest BCUT2D eigenvalue weighted by Crippen LogP contribution is -1.92. The first-order chi connectivity index (χ1) is 8.72. The summed E-state index contributed by atoms with van der Waals surface area (Å²) in [7, 11) is 1.63. The summed E-state index contributed by atoms with van der Waals surface area (Å²) in [6, 6.07) is 15.2. The van der Waals surface area contributed by atoms with Crippen LogP contribution in [-0.4, -0.2) is 7.11 Å². The molecule has 0 spiro atoms. The van der Waals surface area contributed by atoms with E-state index in [9.17, 15) is 0 Å². The topological polar surface area (TPSA) is 45.0 Å². The molecule has 0 aliphatic heterocycles. The maximum atomic E-state index is 8.84. The molecule has 0 saturated heterocycles. The molecule has 0 aliphatic carbocycles. The zero-order valence-corrected chi connectivity index (χ0v) is 11.4. The van der Waals surface area contributed by atoms with Crippen molar-refractivity contribution >= 4 is 27.3 Å². The van der Waals surface area contributed by atoms with E-state index in [-0.39, 0.29) is 0 Å². The molecule has 0 amide bonds. The molecular weight excluding hydrogens is 292 g/mol. The first-order valence-corrected chi connectivity index (χ1v) is 6.13. The highest BCUT2D eigenvalue weighted by Crippen LogP contribution is 2.29. The summed E-state index contributed by atoms with van der Waals surface area (Å²) in [4.78, 5) is 0. The fourth-order valence-electron chi connectivity index (χ4n) is 1.57. The van der Waals surface area contributed by atoms with Crippen LogP contribution in [0.4, 0.5) is 11.4 Å². The molecule has 90 valence electrons. The Morgan fingerprint density at radius 2 is 1.94 bits per heavy atom. The Hall–Kier alpha value is -1.99. The Morgan fingerprint density at radius 3 is 2.67 bits per heavy atom. The van der Waals surface area contributed by atoms with Gasteiger partial charge in [0.25, 0.3) is 0 Å². The number of hydrogen-bond donors (Lipinski definition) is 1. The van der Waals surface area contributed by atoms with E-state index in [0.717, 1.165) is 21.6 Å². The number of nitriles is 1. The highest BCUT2D eigenvalue weighted by atomic mass is 79.9. The van der Waals surface area contributed by atoms with Gasteiger partial charge in [0, 0.05) is 17.4 Å². The summed E-state index contributed by atoms with van der Waals surface area (Å²) in [5, 5.41) is 12.1. The van der Waals surface area contributed by atoms with Crippen LogP contribution in [0.25, 0.3) is 0 Å². The Morgan fingerprint density at radius 1 is 1.17 bits per heavy atom. The highest BCUT2D eigenvalue weighted by molar-refractivity contribution is 9.10. The molecule has 2 aromatic carbocycles. The lowest BCUT2D eigenvalue weighted by atomic mass is 10.2. The maximum Gasteiger partial charge on any atom is 0.135 e. The summed E-state index contributed by atoms with van der Waals surface area (Å²) in [5.41, 5.74) is 2.41. The van der Waals surface area contributed by atoms with E-state index in [1.165, 1.54) is 0 Å². The van der Waals surface area contributed by atoms with Gasteiger partial charge in [-0.2, -0.15) is 5.26 Å². The first kappa shape index (κ1) is 12.5. The van der Waals surface area contributed by atoms with Gasteiger partial charge in [0.1, 0.15) is 5.75 Å². The third kappa shape index (κ3) is 2.82. The summed E-state index contributed by atoms with van der Waals surface area (Å²) in [6.07, 6.45) is 0. The van der Waals surface area contributed by atoms with Crippen LogP contribution in [0.2, 0.25) is 0 Å². The number of nitrogens with one attached hydrogen (secondary N) is 1. The van der Waals surface area contributed by atoms with Crippen LogP contribution in [0, 0.1) is 11.3 Å². The Kier molecular flexibility index (Phi) is 3.85. The van der Waals surface area contributed by atoms with E-state index >= 15 is 0 Å². The second-order valence-corrected chi connectivity index (χ2v) is 4.52. The molecule has 2 aromatic rings. The number of rotatable bonds is 3. The van der Waals surface area contributed by atoms with Gasteiger partial charge < -0.3 is 10.1 Å². The smallest absolute Gasteiger partial charge is 0.135 e. The molecule has 0 heterocycles. The summed E-state index contributed by atoms with van der Waals surface area (Å²) in [5.74, 6) is 0.761. The summed E-state index contributed by atoms with van der Waals surface area (Å²) >= 11 is 3.40. The molecule has 1 N–H and O–H groups in total. The van der Waals surface area contributed by atoms with Gasteiger partial charge >= 0.3 is 0 Å². The van der Waals surface area contributed by atoms with Crippen molar-refractivity contribution in [1.29, 1.82) is 5.26 Å². The van der Waals surface area contributed by atoms with Crippen LogP contribution in [0.1, 0.15) is 5.56 Å². The molecule has 2 rings (SSSR count). The van der Waals surface area contributed by atoms with Crippen molar-refractivity contribution in [3.8, 4) is 11.8 Å². The van der Waals surface area contributed by atoms with Gasteiger partial charge in [-0.3, -0.25) is 0 Å². The van der Waals surface area contributed by atoms with Crippen LogP contribution in [-0.2, 0) is 0 Å². The molecule has 0 aromatic heterocycles. The average molecular weight is 303 g/mol. The molecule has 0 radical (unpaired) electrons. The molecule has 0 saturated carbocycles. The highest BCUT2D eigenvalue weighted by Gasteiger charge is 2.02. The minimum Gasteiger partial charge on any atom is -0.495 e. The lowest BCUT2D eigenvalue weighted by molar-refractivity contribution is 0.412. The van der Waals surface area contributed by atoms with Crippen molar-refractivity contribution in [2.24, 2.45) is 0 Å². The zero-order chi connectivity index (χ0) is 13.0.